The van der Waals surface area contributed by atoms with E-state index >= 15 is 0 Å². The van der Waals surface area contributed by atoms with Crippen LogP contribution in [0.2, 0.25) is 10.0 Å². The number of fused-ring (bicyclic) bond motifs is 1. The third kappa shape index (κ3) is 2.70. The summed E-state index contributed by atoms with van der Waals surface area (Å²) >= 11 is 12.3. The summed E-state index contributed by atoms with van der Waals surface area (Å²) in [5.41, 5.74) is 6.89. The summed E-state index contributed by atoms with van der Waals surface area (Å²) in [5.74, 6) is 1.58. The maximum atomic E-state index is 6.19. The van der Waals surface area contributed by atoms with Gasteiger partial charge in [0.1, 0.15) is 5.75 Å². The van der Waals surface area contributed by atoms with Crippen LogP contribution in [0.3, 0.4) is 0 Å². The van der Waals surface area contributed by atoms with Crippen molar-refractivity contribution in [2.24, 2.45) is 11.7 Å². The molecule has 2 atom stereocenters. The van der Waals surface area contributed by atoms with Crippen molar-refractivity contribution in [3.63, 3.8) is 0 Å². The van der Waals surface area contributed by atoms with Crippen LogP contribution in [-0.4, -0.2) is 13.2 Å². The van der Waals surface area contributed by atoms with Crippen molar-refractivity contribution in [2.75, 3.05) is 13.2 Å². The lowest BCUT2D eigenvalue weighted by Gasteiger charge is -2.23. The van der Waals surface area contributed by atoms with Crippen LogP contribution in [0, 0.1) is 5.92 Å². The molecule has 1 aromatic carbocycles. The van der Waals surface area contributed by atoms with Crippen LogP contribution < -0.4 is 10.5 Å². The molecule has 17 heavy (non-hydrogen) atoms. The Hall–Kier alpha value is -0.440. The normalized spacial score (nSPS) is 21.3. The third-order valence-electron chi connectivity index (χ3n) is 3.40. The molecule has 0 spiro atoms. The largest absolute Gasteiger partial charge is 0.492 e. The van der Waals surface area contributed by atoms with Gasteiger partial charge in [-0.1, -0.05) is 30.1 Å². The van der Waals surface area contributed by atoms with Crippen LogP contribution in [0.1, 0.15) is 31.2 Å². The highest BCUT2D eigenvalue weighted by Crippen LogP contribution is 2.43. The zero-order valence-electron chi connectivity index (χ0n) is 9.88. The van der Waals surface area contributed by atoms with E-state index in [9.17, 15) is 0 Å². The smallest absolute Gasteiger partial charge is 0.141 e. The summed E-state index contributed by atoms with van der Waals surface area (Å²) in [4.78, 5) is 0. The number of hydrogen-bond acceptors (Lipinski definition) is 2. The molecule has 0 saturated carbocycles. The molecule has 94 valence electrons. The van der Waals surface area contributed by atoms with Crippen molar-refractivity contribution in [3.8, 4) is 5.75 Å². The number of nitrogens with two attached hydrogens (primary N) is 1. The molecule has 0 aliphatic carbocycles. The summed E-state index contributed by atoms with van der Waals surface area (Å²) in [5, 5.41) is 1.26. The van der Waals surface area contributed by atoms with Crippen LogP contribution in [-0.2, 0) is 0 Å². The maximum absolute atomic E-state index is 6.19. The summed E-state index contributed by atoms with van der Waals surface area (Å²) in [6.45, 7) is 3.53. The van der Waals surface area contributed by atoms with Crippen molar-refractivity contribution in [1.82, 2.24) is 0 Å². The molecule has 2 N–H and O–H groups in total. The van der Waals surface area contributed by atoms with Gasteiger partial charge in [0.25, 0.3) is 0 Å². The maximum Gasteiger partial charge on any atom is 0.141 e. The Morgan fingerprint density at radius 2 is 2.24 bits per heavy atom. The molecule has 1 heterocycles. The molecule has 0 bridgehead atoms. The Balaban J connectivity index is 2.47. The van der Waals surface area contributed by atoms with Gasteiger partial charge >= 0.3 is 0 Å². The van der Waals surface area contributed by atoms with E-state index in [-0.39, 0.29) is 0 Å². The SMILES string of the molecule is CC(CN)C1CCCOc2c(Cl)cc(Cl)cc21. The van der Waals surface area contributed by atoms with Crippen molar-refractivity contribution in [2.45, 2.75) is 25.7 Å². The van der Waals surface area contributed by atoms with E-state index in [4.69, 9.17) is 33.7 Å². The fraction of sp³-hybridized carbons (Fsp3) is 0.538. The van der Waals surface area contributed by atoms with Crippen molar-refractivity contribution in [1.29, 1.82) is 0 Å². The second kappa shape index (κ2) is 5.47. The van der Waals surface area contributed by atoms with Gasteiger partial charge in [0.15, 0.2) is 0 Å². The molecular weight excluding hydrogens is 257 g/mol. The van der Waals surface area contributed by atoms with Crippen molar-refractivity contribution < 1.29 is 4.74 Å². The van der Waals surface area contributed by atoms with Crippen molar-refractivity contribution >= 4 is 23.2 Å². The van der Waals surface area contributed by atoms with E-state index in [1.807, 2.05) is 6.07 Å². The first-order valence-corrected chi connectivity index (χ1v) is 6.71. The van der Waals surface area contributed by atoms with E-state index in [0.29, 0.717) is 35.0 Å². The highest BCUT2D eigenvalue weighted by atomic mass is 35.5. The molecule has 2 rings (SSSR count). The average molecular weight is 274 g/mol. The molecule has 0 aromatic heterocycles. The second-order valence-corrected chi connectivity index (χ2v) is 5.46. The Kier molecular flexibility index (Phi) is 4.18. The van der Waals surface area contributed by atoms with Crippen LogP contribution in [0.5, 0.6) is 5.75 Å². The molecule has 0 radical (unpaired) electrons. The summed E-state index contributed by atoms with van der Waals surface area (Å²) in [6.07, 6.45) is 2.10. The lowest BCUT2D eigenvalue weighted by atomic mass is 9.84. The topological polar surface area (TPSA) is 35.2 Å². The monoisotopic (exact) mass is 273 g/mol. The molecular formula is C13H17Cl2NO. The van der Waals surface area contributed by atoms with Crippen LogP contribution in [0.4, 0.5) is 0 Å². The van der Waals surface area contributed by atoms with Gasteiger partial charge < -0.3 is 10.5 Å². The van der Waals surface area contributed by atoms with Gasteiger partial charge in [-0.25, -0.2) is 0 Å². The zero-order chi connectivity index (χ0) is 12.4. The molecule has 1 aliphatic rings. The van der Waals surface area contributed by atoms with Gasteiger partial charge in [-0.05, 0) is 43.4 Å². The minimum absolute atomic E-state index is 0.383. The van der Waals surface area contributed by atoms with Gasteiger partial charge in [0, 0.05) is 10.6 Å². The van der Waals surface area contributed by atoms with E-state index in [0.717, 1.165) is 24.2 Å². The fourth-order valence-corrected chi connectivity index (χ4v) is 2.96. The predicted molar refractivity (Wildman–Crippen MR) is 72.2 cm³/mol. The first-order valence-electron chi connectivity index (χ1n) is 5.95. The van der Waals surface area contributed by atoms with Crippen LogP contribution in [0.15, 0.2) is 12.1 Å². The quantitative estimate of drug-likeness (QED) is 0.889. The summed E-state index contributed by atoms with van der Waals surface area (Å²) in [7, 11) is 0. The van der Waals surface area contributed by atoms with Crippen molar-refractivity contribution in [3.05, 3.63) is 27.7 Å². The molecule has 0 amide bonds. The van der Waals surface area contributed by atoms with E-state index in [1.54, 1.807) is 6.07 Å². The second-order valence-electron chi connectivity index (χ2n) is 4.62. The zero-order valence-corrected chi connectivity index (χ0v) is 11.4. The molecule has 1 aliphatic heterocycles. The molecule has 4 heteroatoms. The number of benzene rings is 1. The number of hydrogen-bond donors (Lipinski definition) is 1. The molecule has 2 nitrogen and oxygen atoms in total. The summed E-state index contributed by atoms with van der Waals surface area (Å²) in [6, 6.07) is 3.70. The molecule has 1 aromatic rings. The summed E-state index contributed by atoms with van der Waals surface area (Å²) < 4.78 is 5.73. The first-order chi connectivity index (χ1) is 8.13. The lowest BCUT2D eigenvalue weighted by Crippen LogP contribution is -2.19. The number of halogens is 2. The van der Waals surface area contributed by atoms with Gasteiger partial charge in [-0.2, -0.15) is 0 Å². The van der Waals surface area contributed by atoms with Gasteiger partial charge in [-0.3, -0.25) is 0 Å². The van der Waals surface area contributed by atoms with E-state index in [2.05, 4.69) is 6.92 Å². The molecule has 0 fully saturated rings. The highest BCUT2D eigenvalue weighted by molar-refractivity contribution is 6.35. The third-order valence-corrected chi connectivity index (χ3v) is 3.90. The Morgan fingerprint density at radius 3 is 2.94 bits per heavy atom. The Bertz CT molecular complexity index is 409. The number of rotatable bonds is 2. The van der Waals surface area contributed by atoms with Gasteiger partial charge in [-0.15, -0.1) is 0 Å². The molecule has 0 saturated heterocycles. The van der Waals surface area contributed by atoms with Gasteiger partial charge in [0.05, 0.1) is 11.6 Å². The highest BCUT2D eigenvalue weighted by Gasteiger charge is 2.26. The van der Waals surface area contributed by atoms with Gasteiger partial charge in [0.2, 0.25) is 0 Å². The number of ether oxygens (including phenoxy) is 1. The van der Waals surface area contributed by atoms with Crippen LogP contribution >= 0.6 is 23.2 Å². The Morgan fingerprint density at radius 1 is 1.47 bits per heavy atom. The minimum atomic E-state index is 0.383. The fourth-order valence-electron chi connectivity index (χ4n) is 2.40. The van der Waals surface area contributed by atoms with E-state index in [1.165, 1.54) is 0 Å². The first kappa shape index (κ1) is 13.0. The minimum Gasteiger partial charge on any atom is -0.492 e. The average Bonchev–Trinajstić information content (AvgIpc) is 2.50. The van der Waals surface area contributed by atoms with Crippen LogP contribution in [0.25, 0.3) is 0 Å². The Labute approximate surface area is 112 Å². The van der Waals surface area contributed by atoms with E-state index < -0.39 is 0 Å². The standard InChI is InChI=1S/C13H17Cl2NO/c1-8(7-16)10-3-2-4-17-13-11(10)5-9(14)6-12(13)15/h5-6,8,10H,2-4,7,16H2,1H3. The predicted octanol–water partition coefficient (Wildman–Crippen LogP) is 3.84. The lowest BCUT2D eigenvalue weighted by molar-refractivity contribution is 0.314. The molecule has 2 unspecified atom stereocenters.